The predicted octanol–water partition coefficient (Wildman–Crippen LogP) is 1.96. The zero-order valence-corrected chi connectivity index (χ0v) is 14.1. The first kappa shape index (κ1) is 14.8. The number of hydrogen-bond acceptors (Lipinski definition) is 5. The minimum absolute atomic E-state index is 0.0552. The number of rotatable bonds is 3. The SMILES string of the molecule is O=C(c1ccccn1)N1CC2CN(c3cc(C4CC4)ncn3)CC2C1. The van der Waals surface area contributed by atoms with Crippen molar-refractivity contribution in [1.82, 2.24) is 19.9 Å². The Kier molecular flexibility index (Phi) is 3.43. The summed E-state index contributed by atoms with van der Waals surface area (Å²) in [5, 5.41) is 0. The number of carbonyl (C=O) groups is 1. The first-order valence-corrected chi connectivity index (χ1v) is 9.05. The summed E-state index contributed by atoms with van der Waals surface area (Å²) in [4.78, 5) is 30.0. The van der Waals surface area contributed by atoms with E-state index in [0.717, 1.165) is 32.0 Å². The van der Waals surface area contributed by atoms with Gasteiger partial charge < -0.3 is 9.80 Å². The van der Waals surface area contributed by atoms with Crippen LogP contribution in [0.15, 0.2) is 36.8 Å². The number of anilines is 1. The van der Waals surface area contributed by atoms with Gasteiger partial charge in [-0.25, -0.2) is 9.97 Å². The molecule has 0 spiro atoms. The Morgan fingerprint density at radius 1 is 1.00 bits per heavy atom. The van der Waals surface area contributed by atoms with Gasteiger partial charge in [0, 0.05) is 61.9 Å². The molecule has 1 aliphatic carbocycles. The quantitative estimate of drug-likeness (QED) is 0.858. The van der Waals surface area contributed by atoms with Crippen LogP contribution in [-0.4, -0.2) is 51.9 Å². The summed E-state index contributed by atoms with van der Waals surface area (Å²) in [5.41, 5.74) is 1.73. The largest absolute Gasteiger partial charge is 0.356 e. The molecule has 2 saturated heterocycles. The number of hydrogen-bond donors (Lipinski definition) is 0. The average molecular weight is 335 g/mol. The van der Waals surface area contributed by atoms with E-state index < -0.39 is 0 Å². The standard InChI is InChI=1S/C19H21N5O/c25-19(16-3-1-2-6-20-16)24-10-14-8-23(9-15(14)11-24)18-7-17(13-4-5-13)21-12-22-18/h1-3,6-7,12-15H,4-5,8-11H2. The van der Waals surface area contributed by atoms with E-state index in [2.05, 4.69) is 25.9 Å². The highest BCUT2D eigenvalue weighted by atomic mass is 16.2. The summed E-state index contributed by atoms with van der Waals surface area (Å²) in [5.74, 6) is 2.79. The van der Waals surface area contributed by atoms with Gasteiger partial charge in [0.05, 0.1) is 0 Å². The van der Waals surface area contributed by atoms with Gasteiger partial charge >= 0.3 is 0 Å². The summed E-state index contributed by atoms with van der Waals surface area (Å²) in [6.45, 7) is 3.57. The molecule has 2 aliphatic heterocycles. The Morgan fingerprint density at radius 2 is 1.80 bits per heavy atom. The van der Waals surface area contributed by atoms with E-state index in [1.54, 1.807) is 18.6 Å². The summed E-state index contributed by atoms with van der Waals surface area (Å²) in [6, 6.07) is 7.66. The number of fused-ring (bicyclic) bond motifs is 1. The van der Waals surface area contributed by atoms with Crippen molar-refractivity contribution < 1.29 is 4.79 Å². The number of likely N-dealkylation sites (tertiary alicyclic amines) is 1. The molecule has 0 radical (unpaired) electrons. The van der Waals surface area contributed by atoms with Crippen molar-refractivity contribution in [3.8, 4) is 0 Å². The van der Waals surface area contributed by atoms with Crippen LogP contribution in [0, 0.1) is 11.8 Å². The molecule has 0 bridgehead atoms. The van der Waals surface area contributed by atoms with Gasteiger partial charge in [0.15, 0.2) is 0 Å². The molecule has 2 unspecified atom stereocenters. The lowest BCUT2D eigenvalue weighted by molar-refractivity contribution is 0.0777. The molecule has 0 N–H and O–H groups in total. The van der Waals surface area contributed by atoms with Crippen molar-refractivity contribution >= 4 is 11.7 Å². The van der Waals surface area contributed by atoms with E-state index >= 15 is 0 Å². The van der Waals surface area contributed by atoms with Gasteiger partial charge in [0.1, 0.15) is 17.8 Å². The Balaban J connectivity index is 1.26. The summed E-state index contributed by atoms with van der Waals surface area (Å²) >= 11 is 0. The smallest absolute Gasteiger partial charge is 0.272 e. The second-order valence-corrected chi connectivity index (χ2v) is 7.43. The molecule has 2 aromatic rings. The highest BCUT2D eigenvalue weighted by Gasteiger charge is 2.42. The third kappa shape index (κ3) is 2.75. The molecule has 2 atom stereocenters. The van der Waals surface area contributed by atoms with Crippen LogP contribution in [-0.2, 0) is 0 Å². The Hall–Kier alpha value is -2.50. The van der Waals surface area contributed by atoms with Crippen LogP contribution in [0.1, 0.15) is 34.9 Å². The second-order valence-electron chi connectivity index (χ2n) is 7.43. The molecule has 25 heavy (non-hydrogen) atoms. The van der Waals surface area contributed by atoms with E-state index in [9.17, 15) is 4.79 Å². The van der Waals surface area contributed by atoms with Gasteiger partial charge in [-0.3, -0.25) is 9.78 Å². The first-order valence-electron chi connectivity index (χ1n) is 9.05. The van der Waals surface area contributed by atoms with E-state index in [1.165, 1.54) is 18.5 Å². The van der Waals surface area contributed by atoms with Crippen molar-refractivity contribution in [1.29, 1.82) is 0 Å². The summed E-state index contributed by atoms with van der Waals surface area (Å²) in [6.07, 6.45) is 5.89. The number of carbonyl (C=O) groups excluding carboxylic acids is 1. The van der Waals surface area contributed by atoms with Gasteiger partial charge in [-0.15, -0.1) is 0 Å². The molecule has 1 amide bonds. The molecule has 1 saturated carbocycles. The fourth-order valence-corrected chi connectivity index (χ4v) is 4.13. The fraction of sp³-hybridized carbons (Fsp3) is 0.474. The Morgan fingerprint density at radius 3 is 2.48 bits per heavy atom. The van der Waals surface area contributed by atoms with Gasteiger partial charge in [-0.05, 0) is 25.0 Å². The molecule has 5 rings (SSSR count). The lowest BCUT2D eigenvalue weighted by Crippen LogP contribution is -2.33. The van der Waals surface area contributed by atoms with Crippen molar-refractivity contribution in [2.75, 3.05) is 31.1 Å². The van der Waals surface area contributed by atoms with Gasteiger partial charge in [0.25, 0.3) is 5.91 Å². The van der Waals surface area contributed by atoms with E-state index in [-0.39, 0.29) is 5.91 Å². The minimum atomic E-state index is 0.0552. The average Bonchev–Trinajstić information content (AvgIpc) is 3.32. The number of pyridine rings is 1. The van der Waals surface area contributed by atoms with Crippen molar-refractivity contribution in [3.05, 3.63) is 48.2 Å². The third-order valence-corrected chi connectivity index (χ3v) is 5.65. The molecular weight excluding hydrogens is 314 g/mol. The van der Waals surface area contributed by atoms with Crippen LogP contribution in [0.2, 0.25) is 0 Å². The molecule has 2 aromatic heterocycles. The number of aromatic nitrogens is 3. The maximum Gasteiger partial charge on any atom is 0.272 e. The minimum Gasteiger partial charge on any atom is -0.356 e. The normalized spacial score (nSPS) is 25.3. The number of amides is 1. The van der Waals surface area contributed by atoms with E-state index in [1.807, 2.05) is 17.0 Å². The summed E-state index contributed by atoms with van der Waals surface area (Å²) in [7, 11) is 0. The lowest BCUT2D eigenvalue weighted by atomic mass is 10.0. The molecule has 6 nitrogen and oxygen atoms in total. The highest BCUT2D eigenvalue weighted by Crippen LogP contribution is 2.40. The maximum atomic E-state index is 12.6. The van der Waals surface area contributed by atoms with Crippen LogP contribution < -0.4 is 4.90 Å². The van der Waals surface area contributed by atoms with E-state index in [4.69, 9.17) is 0 Å². The zero-order valence-electron chi connectivity index (χ0n) is 14.1. The van der Waals surface area contributed by atoms with Crippen LogP contribution in [0.5, 0.6) is 0 Å². The maximum absolute atomic E-state index is 12.6. The van der Waals surface area contributed by atoms with Gasteiger partial charge in [0.2, 0.25) is 0 Å². The first-order chi connectivity index (χ1) is 12.3. The molecule has 4 heterocycles. The Bertz CT molecular complexity index is 777. The molecule has 3 fully saturated rings. The highest BCUT2D eigenvalue weighted by molar-refractivity contribution is 5.92. The second kappa shape index (κ2) is 5.79. The molecule has 128 valence electrons. The molecule has 0 aromatic carbocycles. The van der Waals surface area contributed by atoms with Gasteiger partial charge in [-0.2, -0.15) is 0 Å². The zero-order chi connectivity index (χ0) is 16.8. The van der Waals surface area contributed by atoms with Crippen LogP contribution in [0.3, 0.4) is 0 Å². The van der Waals surface area contributed by atoms with E-state index in [0.29, 0.717) is 23.4 Å². The molecule has 3 aliphatic rings. The fourth-order valence-electron chi connectivity index (χ4n) is 4.13. The van der Waals surface area contributed by atoms with Crippen LogP contribution >= 0.6 is 0 Å². The topological polar surface area (TPSA) is 62.2 Å². The molecule has 6 heteroatoms. The van der Waals surface area contributed by atoms with Crippen molar-refractivity contribution in [2.24, 2.45) is 11.8 Å². The molecular formula is C19H21N5O. The Labute approximate surface area is 146 Å². The van der Waals surface area contributed by atoms with Crippen LogP contribution in [0.25, 0.3) is 0 Å². The third-order valence-electron chi connectivity index (χ3n) is 5.65. The lowest BCUT2D eigenvalue weighted by Gasteiger charge is -2.22. The van der Waals surface area contributed by atoms with Crippen molar-refractivity contribution in [2.45, 2.75) is 18.8 Å². The predicted molar refractivity (Wildman–Crippen MR) is 93.3 cm³/mol. The van der Waals surface area contributed by atoms with Gasteiger partial charge in [-0.1, -0.05) is 6.07 Å². The summed E-state index contributed by atoms with van der Waals surface area (Å²) < 4.78 is 0. The number of nitrogens with zero attached hydrogens (tertiary/aromatic N) is 5. The van der Waals surface area contributed by atoms with Crippen molar-refractivity contribution in [3.63, 3.8) is 0 Å². The monoisotopic (exact) mass is 335 g/mol. The van der Waals surface area contributed by atoms with Crippen LogP contribution in [0.4, 0.5) is 5.82 Å².